The molecule has 3 nitrogen and oxygen atoms in total. The van der Waals surface area contributed by atoms with Gasteiger partial charge in [-0.15, -0.1) is 12.4 Å². The molecule has 0 amide bonds. The maximum atomic E-state index is 5.73. The Morgan fingerprint density at radius 2 is 2.21 bits per heavy atom. The van der Waals surface area contributed by atoms with E-state index in [1.54, 1.807) is 0 Å². The normalized spacial score (nSPS) is 19.5. The lowest BCUT2D eigenvalue weighted by atomic mass is 10.1. The van der Waals surface area contributed by atoms with Gasteiger partial charge in [0.1, 0.15) is 0 Å². The predicted octanol–water partition coefficient (Wildman–Crippen LogP) is 2.44. The molecule has 0 spiro atoms. The number of pyridine rings is 1. The number of nitrogens with zero attached hydrogens (tertiary/aromatic N) is 2. The van der Waals surface area contributed by atoms with Crippen molar-refractivity contribution in [1.29, 1.82) is 0 Å². The zero-order valence-corrected chi connectivity index (χ0v) is 11.8. The van der Waals surface area contributed by atoms with Crippen LogP contribution in [0, 0.1) is 5.92 Å². The van der Waals surface area contributed by atoms with Crippen molar-refractivity contribution >= 4 is 23.3 Å². The highest BCUT2D eigenvalue weighted by Gasteiger charge is 2.20. The van der Waals surface area contributed by atoms with Crippen molar-refractivity contribution in [3.8, 4) is 0 Å². The van der Waals surface area contributed by atoms with Crippen LogP contribution in [0.15, 0.2) is 36.5 Å². The lowest BCUT2D eigenvalue weighted by Crippen LogP contribution is -2.22. The summed E-state index contributed by atoms with van der Waals surface area (Å²) in [6, 6.07) is 10.7. The minimum Gasteiger partial charge on any atom is -0.330 e. The van der Waals surface area contributed by atoms with E-state index in [1.165, 1.54) is 23.9 Å². The number of hydrogen-bond donors (Lipinski definition) is 1. The van der Waals surface area contributed by atoms with Gasteiger partial charge in [-0.1, -0.05) is 12.1 Å². The standard InChI is InChI=1S/C15H19N3.ClH/c16-9-13-5-7-18(11-13)10-12-3-4-15-14(8-12)2-1-6-17-15;/h1-4,6,8,13H,5,7,9-11,16H2;1H. The third-order valence-electron chi connectivity index (χ3n) is 3.78. The molecule has 2 aromatic rings. The molecule has 0 radical (unpaired) electrons. The number of halogens is 1. The van der Waals surface area contributed by atoms with Crippen molar-refractivity contribution in [3.05, 3.63) is 42.1 Å². The van der Waals surface area contributed by atoms with Crippen LogP contribution in [-0.2, 0) is 6.54 Å². The van der Waals surface area contributed by atoms with Crippen LogP contribution in [0.1, 0.15) is 12.0 Å². The number of aromatic nitrogens is 1. The second kappa shape index (κ2) is 6.33. The Kier molecular flexibility index (Phi) is 4.75. The van der Waals surface area contributed by atoms with E-state index in [0.29, 0.717) is 5.92 Å². The SMILES string of the molecule is Cl.NCC1CCN(Cc2ccc3ncccc3c2)C1. The monoisotopic (exact) mass is 277 g/mol. The van der Waals surface area contributed by atoms with Gasteiger partial charge < -0.3 is 5.73 Å². The van der Waals surface area contributed by atoms with Crippen molar-refractivity contribution in [2.45, 2.75) is 13.0 Å². The molecule has 4 heteroatoms. The third kappa shape index (κ3) is 3.24. The van der Waals surface area contributed by atoms with E-state index in [0.717, 1.165) is 25.2 Å². The summed E-state index contributed by atoms with van der Waals surface area (Å²) >= 11 is 0. The van der Waals surface area contributed by atoms with Crippen molar-refractivity contribution in [2.24, 2.45) is 11.7 Å². The average Bonchev–Trinajstić information content (AvgIpc) is 2.86. The minimum absolute atomic E-state index is 0. The van der Waals surface area contributed by atoms with Crippen LogP contribution < -0.4 is 5.73 Å². The highest BCUT2D eigenvalue weighted by Crippen LogP contribution is 2.19. The van der Waals surface area contributed by atoms with E-state index in [9.17, 15) is 0 Å². The Labute approximate surface area is 120 Å². The first-order chi connectivity index (χ1) is 8.85. The van der Waals surface area contributed by atoms with Gasteiger partial charge in [0.25, 0.3) is 0 Å². The highest BCUT2D eigenvalue weighted by molar-refractivity contribution is 5.85. The number of rotatable bonds is 3. The van der Waals surface area contributed by atoms with Gasteiger partial charge in [0, 0.05) is 24.7 Å². The minimum atomic E-state index is 0. The smallest absolute Gasteiger partial charge is 0.0702 e. The molecule has 1 aliphatic heterocycles. The van der Waals surface area contributed by atoms with Crippen molar-refractivity contribution in [1.82, 2.24) is 9.88 Å². The van der Waals surface area contributed by atoms with Crippen LogP contribution in [0.2, 0.25) is 0 Å². The molecule has 1 aliphatic rings. The quantitative estimate of drug-likeness (QED) is 0.937. The van der Waals surface area contributed by atoms with Crippen molar-refractivity contribution in [3.63, 3.8) is 0 Å². The van der Waals surface area contributed by atoms with Gasteiger partial charge in [0.2, 0.25) is 0 Å². The van der Waals surface area contributed by atoms with Gasteiger partial charge in [0.15, 0.2) is 0 Å². The molecule has 0 aliphatic carbocycles. The molecule has 102 valence electrons. The van der Waals surface area contributed by atoms with Crippen LogP contribution in [0.4, 0.5) is 0 Å². The molecular formula is C15H20ClN3. The van der Waals surface area contributed by atoms with E-state index in [2.05, 4.69) is 34.1 Å². The molecule has 2 heterocycles. The fourth-order valence-electron chi connectivity index (χ4n) is 2.73. The summed E-state index contributed by atoms with van der Waals surface area (Å²) in [4.78, 5) is 6.84. The predicted molar refractivity (Wildman–Crippen MR) is 81.4 cm³/mol. The molecule has 1 unspecified atom stereocenters. The molecule has 2 N–H and O–H groups in total. The summed E-state index contributed by atoms with van der Waals surface area (Å²) in [5.74, 6) is 0.687. The van der Waals surface area contributed by atoms with E-state index < -0.39 is 0 Å². The summed E-state index contributed by atoms with van der Waals surface area (Å²) in [6.07, 6.45) is 3.08. The van der Waals surface area contributed by atoms with E-state index >= 15 is 0 Å². The number of nitrogens with two attached hydrogens (primary N) is 1. The second-order valence-electron chi connectivity index (χ2n) is 5.16. The molecule has 1 atom stereocenters. The zero-order chi connectivity index (χ0) is 12.4. The van der Waals surface area contributed by atoms with Crippen LogP contribution in [0.5, 0.6) is 0 Å². The lowest BCUT2D eigenvalue weighted by Gasteiger charge is -2.15. The van der Waals surface area contributed by atoms with Crippen molar-refractivity contribution in [2.75, 3.05) is 19.6 Å². The van der Waals surface area contributed by atoms with Gasteiger partial charge in [-0.05, 0) is 49.2 Å². The summed E-state index contributed by atoms with van der Waals surface area (Å²) in [6.45, 7) is 4.16. The Balaban J connectivity index is 0.00000133. The number of hydrogen-bond acceptors (Lipinski definition) is 3. The zero-order valence-electron chi connectivity index (χ0n) is 11.0. The van der Waals surface area contributed by atoms with Gasteiger partial charge in [0.05, 0.1) is 5.52 Å². The second-order valence-corrected chi connectivity index (χ2v) is 5.16. The van der Waals surface area contributed by atoms with Gasteiger partial charge in [-0.3, -0.25) is 9.88 Å². The highest BCUT2D eigenvalue weighted by atomic mass is 35.5. The summed E-state index contributed by atoms with van der Waals surface area (Å²) in [7, 11) is 0. The number of fused-ring (bicyclic) bond motifs is 1. The van der Waals surface area contributed by atoms with E-state index in [-0.39, 0.29) is 12.4 Å². The Morgan fingerprint density at radius 1 is 1.32 bits per heavy atom. The Morgan fingerprint density at radius 3 is 3.00 bits per heavy atom. The maximum absolute atomic E-state index is 5.73. The first kappa shape index (κ1) is 14.3. The molecule has 3 rings (SSSR count). The first-order valence-electron chi connectivity index (χ1n) is 6.61. The van der Waals surface area contributed by atoms with Crippen LogP contribution in [0.3, 0.4) is 0 Å². The summed E-state index contributed by atoms with van der Waals surface area (Å²) in [5.41, 5.74) is 8.17. The molecule has 0 bridgehead atoms. The van der Waals surface area contributed by atoms with Gasteiger partial charge in [-0.2, -0.15) is 0 Å². The molecule has 0 saturated carbocycles. The molecule has 1 aromatic heterocycles. The van der Waals surface area contributed by atoms with E-state index in [1.807, 2.05) is 12.3 Å². The first-order valence-corrected chi connectivity index (χ1v) is 6.61. The number of likely N-dealkylation sites (tertiary alicyclic amines) is 1. The molecular weight excluding hydrogens is 258 g/mol. The fourth-order valence-corrected chi connectivity index (χ4v) is 2.73. The van der Waals surface area contributed by atoms with Crippen LogP contribution >= 0.6 is 12.4 Å². The van der Waals surface area contributed by atoms with Gasteiger partial charge >= 0.3 is 0 Å². The molecule has 1 aromatic carbocycles. The number of benzene rings is 1. The maximum Gasteiger partial charge on any atom is 0.0702 e. The topological polar surface area (TPSA) is 42.1 Å². The lowest BCUT2D eigenvalue weighted by molar-refractivity contribution is 0.318. The fraction of sp³-hybridized carbons (Fsp3) is 0.400. The average molecular weight is 278 g/mol. The Hall–Kier alpha value is -1.16. The van der Waals surface area contributed by atoms with Crippen LogP contribution in [0.25, 0.3) is 10.9 Å². The summed E-state index contributed by atoms with van der Waals surface area (Å²) < 4.78 is 0. The largest absolute Gasteiger partial charge is 0.330 e. The summed E-state index contributed by atoms with van der Waals surface area (Å²) in [5, 5.41) is 1.23. The molecule has 19 heavy (non-hydrogen) atoms. The molecule has 1 saturated heterocycles. The van der Waals surface area contributed by atoms with Gasteiger partial charge in [-0.25, -0.2) is 0 Å². The molecule has 1 fully saturated rings. The third-order valence-corrected chi connectivity index (χ3v) is 3.78. The van der Waals surface area contributed by atoms with Crippen LogP contribution in [-0.4, -0.2) is 29.5 Å². The van der Waals surface area contributed by atoms with E-state index in [4.69, 9.17) is 5.73 Å². The van der Waals surface area contributed by atoms with Crippen molar-refractivity contribution < 1.29 is 0 Å². The Bertz CT molecular complexity index is 544.